The average molecular weight is 287 g/mol. The molecule has 0 aromatic heterocycles. The monoisotopic (exact) mass is 286 g/mol. The zero-order valence-corrected chi connectivity index (χ0v) is 11.7. The van der Waals surface area contributed by atoms with Crippen molar-refractivity contribution in [2.75, 3.05) is 26.2 Å². The van der Waals surface area contributed by atoms with E-state index in [1.165, 1.54) is 50.2 Å². The van der Waals surface area contributed by atoms with Crippen molar-refractivity contribution in [2.24, 2.45) is 0 Å². The van der Waals surface area contributed by atoms with Crippen molar-refractivity contribution in [2.45, 2.75) is 19.3 Å². The Morgan fingerprint density at radius 3 is 2.47 bits per heavy atom. The maximum atomic E-state index is 12.7. The predicted molar refractivity (Wildman–Crippen MR) is 76.3 cm³/mol. The molecule has 0 radical (unpaired) electrons. The summed E-state index contributed by atoms with van der Waals surface area (Å²) in [6, 6.07) is 5.62. The van der Waals surface area contributed by atoms with E-state index < -0.39 is 0 Å². The highest BCUT2D eigenvalue weighted by molar-refractivity contribution is 5.94. The number of nitrogens with one attached hydrogen (secondary N) is 1. The average Bonchev–Trinajstić information content (AvgIpc) is 2.88. The van der Waals surface area contributed by atoms with Gasteiger partial charge in [0.15, 0.2) is 0 Å². The van der Waals surface area contributed by atoms with E-state index >= 15 is 0 Å². The highest BCUT2D eigenvalue weighted by Crippen LogP contribution is 2.07. The summed E-state index contributed by atoms with van der Waals surface area (Å²) in [6.07, 6.45) is 3.55. The van der Waals surface area contributed by atoms with Crippen molar-refractivity contribution in [3.05, 3.63) is 35.6 Å². The van der Waals surface area contributed by atoms with Gasteiger partial charge in [-0.15, -0.1) is 12.4 Å². The van der Waals surface area contributed by atoms with Gasteiger partial charge in [-0.3, -0.25) is 4.79 Å². The molecule has 1 aliphatic heterocycles. The Bertz CT molecular complexity index is 391. The molecule has 1 amide bonds. The SMILES string of the molecule is Cl.O=C(NCCCN1CCCC1)c1ccc(F)cc1. The summed E-state index contributed by atoms with van der Waals surface area (Å²) in [5.74, 6) is -0.447. The predicted octanol–water partition coefficient (Wildman–Crippen LogP) is 2.46. The number of hydrogen-bond acceptors (Lipinski definition) is 2. The quantitative estimate of drug-likeness (QED) is 0.844. The fourth-order valence-electron chi connectivity index (χ4n) is 2.21. The number of carbonyl (C=O) groups excluding carboxylic acids is 1. The summed E-state index contributed by atoms with van der Waals surface area (Å²) in [5, 5.41) is 2.85. The van der Waals surface area contributed by atoms with Crippen LogP contribution in [0, 0.1) is 5.82 Å². The van der Waals surface area contributed by atoms with Crippen molar-refractivity contribution < 1.29 is 9.18 Å². The van der Waals surface area contributed by atoms with Gasteiger partial charge in [-0.05, 0) is 63.2 Å². The van der Waals surface area contributed by atoms with Gasteiger partial charge in [0.25, 0.3) is 5.91 Å². The standard InChI is InChI=1S/C14H19FN2O.ClH/c15-13-6-4-12(5-7-13)14(18)16-8-3-11-17-9-1-2-10-17;/h4-7H,1-3,8-11H2,(H,16,18);1H. The van der Waals surface area contributed by atoms with E-state index in [-0.39, 0.29) is 24.1 Å². The molecule has 0 atom stereocenters. The Kier molecular flexibility index (Phi) is 6.81. The number of nitrogens with zero attached hydrogens (tertiary/aromatic N) is 1. The molecule has 19 heavy (non-hydrogen) atoms. The molecule has 1 aliphatic rings. The molecule has 106 valence electrons. The summed E-state index contributed by atoms with van der Waals surface area (Å²) < 4.78 is 12.7. The Labute approximate surface area is 119 Å². The first-order chi connectivity index (χ1) is 8.75. The maximum Gasteiger partial charge on any atom is 0.251 e. The van der Waals surface area contributed by atoms with Crippen LogP contribution in [0.5, 0.6) is 0 Å². The summed E-state index contributed by atoms with van der Waals surface area (Å²) in [6.45, 7) is 4.09. The summed E-state index contributed by atoms with van der Waals surface area (Å²) in [4.78, 5) is 14.1. The summed E-state index contributed by atoms with van der Waals surface area (Å²) in [5.41, 5.74) is 0.512. The number of rotatable bonds is 5. The van der Waals surface area contributed by atoms with Crippen LogP contribution in [-0.4, -0.2) is 37.0 Å². The second-order valence-electron chi connectivity index (χ2n) is 4.67. The largest absolute Gasteiger partial charge is 0.352 e. The Morgan fingerprint density at radius 1 is 1.21 bits per heavy atom. The minimum atomic E-state index is -0.319. The molecule has 1 aromatic rings. The third kappa shape index (κ3) is 5.17. The van der Waals surface area contributed by atoms with Gasteiger partial charge >= 0.3 is 0 Å². The molecule has 1 fully saturated rings. The van der Waals surface area contributed by atoms with E-state index in [4.69, 9.17) is 0 Å². The fourth-order valence-corrected chi connectivity index (χ4v) is 2.21. The van der Waals surface area contributed by atoms with Gasteiger partial charge < -0.3 is 10.2 Å². The van der Waals surface area contributed by atoms with Crippen molar-refractivity contribution >= 4 is 18.3 Å². The van der Waals surface area contributed by atoms with Crippen LogP contribution in [0.25, 0.3) is 0 Å². The van der Waals surface area contributed by atoms with Crippen LogP contribution in [0.2, 0.25) is 0 Å². The molecule has 1 N–H and O–H groups in total. The fraction of sp³-hybridized carbons (Fsp3) is 0.500. The van der Waals surface area contributed by atoms with Crippen LogP contribution in [-0.2, 0) is 0 Å². The number of hydrogen-bond donors (Lipinski definition) is 1. The van der Waals surface area contributed by atoms with Gasteiger partial charge in [-0.25, -0.2) is 4.39 Å². The molecule has 0 saturated carbocycles. The third-order valence-electron chi connectivity index (χ3n) is 3.24. The first kappa shape index (κ1) is 15.9. The molecule has 0 bridgehead atoms. The van der Waals surface area contributed by atoms with Gasteiger partial charge in [0, 0.05) is 12.1 Å². The molecule has 5 heteroatoms. The summed E-state index contributed by atoms with van der Waals surface area (Å²) in [7, 11) is 0. The number of amides is 1. The lowest BCUT2D eigenvalue weighted by atomic mass is 10.2. The Hall–Kier alpha value is -1.13. The topological polar surface area (TPSA) is 32.3 Å². The third-order valence-corrected chi connectivity index (χ3v) is 3.24. The molecule has 1 heterocycles. The zero-order valence-electron chi connectivity index (χ0n) is 10.9. The van der Waals surface area contributed by atoms with Crippen LogP contribution >= 0.6 is 12.4 Å². The van der Waals surface area contributed by atoms with E-state index in [1.54, 1.807) is 0 Å². The highest BCUT2D eigenvalue weighted by Gasteiger charge is 2.10. The van der Waals surface area contributed by atoms with Crippen molar-refractivity contribution in [3.8, 4) is 0 Å². The number of likely N-dealkylation sites (tertiary alicyclic amines) is 1. The van der Waals surface area contributed by atoms with Crippen molar-refractivity contribution in [3.63, 3.8) is 0 Å². The van der Waals surface area contributed by atoms with E-state index in [9.17, 15) is 9.18 Å². The molecular weight excluding hydrogens is 267 g/mol. The lowest BCUT2D eigenvalue weighted by molar-refractivity contribution is 0.0952. The van der Waals surface area contributed by atoms with Gasteiger partial charge in [-0.1, -0.05) is 0 Å². The first-order valence-electron chi connectivity index (χ1n) is 6.52. The number of carbonyl (C=O) groups is 1. The van der Waals surface area contributed by atoms with Gasteiger partial charge in [0.1, 0.15) is 5.82 Å². The second kappa shape index (κ2) is 8.12. The molecule has 1 aromatic carbocycles. The molecule has 0 unspecified atom stereocenters. The molecule has 0 aliphatic carbocycles. The van der Waals surface area contributed by atoms with E-state index in [2.05, 4.69) is 10.2 Å². The van der Waals surface area contributed by atoms with Gasteiger partial charge in [-0.2, -0.15) is 0 Å². The molecule has 3 nitrogen and oxygen atoms in total. The van der Waals surface area contributed by atoms with Crippen LogP contribution < -0.4 is 5.32 Å². The first-order valence-corrected chi connectivity index (χ1v) is 6.52. The zero-order chi connectivity index (χ0) is 12.8. The molecule has 0 spiro atoms. The van der Waals surface area contributed by atoms with Crippen molar-refractivity contribution in [1.29, 1.82) is 0 Å². The lowest BCUT2D eigenvalue weighted by Crippen LogP contribution is -2.28. The van der Waals surface area contributed by atoms with E-state index in [1.807, 2.05) is 0 Å². The van der Waals surface area contributed by atoms with Crippen LogP contribution in [0.1, 0.15) is 29.6 Å². The van der Waals surface area contributed by atoms with E-state index in [0.717, 1.165) is 13.0 Å². The maximum absolute atomic E-state index is 12.7. The second-order valence-corrected chi connectivity index (χ2v) is 4.67. The van der Waals surface area contributed by atoms with Gasteiger partial charge in [0.05, 0.1) is 0 Å². The minimum Gasteiger partial charge on any atom is -0.352 e. The van der Waals surface area contributed by atoms with Crippen molar-refractivity contribution in [1.82, 2.24) is 10.2 Å². The molecular formula is C14H20ClFN2O. The molecule has 2 rings (SSSR count). The van der Waals surface area contributed by atoms with Crippen LogP contribution in [0.3, 0.4) is 0 Å². The minimum absolute atomic E-state index is 0. The molecule has 1 saturated heterocycles. The Balaban J connectivity index is 0.00000180. The number of benzene rings is 1. The lowest BCUT2D eigenvalue weighted by Gasteiger charge is -2.14. The van der Waals surface area contributed by atoms with Crippen LogP contribution in [0.15, 0.2) is 24.3 Å². The Morgan fingerprint density at radius 2 is 1.84 bits per heavy atom. The van der Waals surface area contributed by atoms with Crippen LogP contribution in [0.4, 0.5) is 4.39 Å². The number of halogens is 2. The highest BCUT2D eigenvalue weighted by atomic mass is 35.5. The normalized spacial score (nSPS) is 15.0. The summed E-state index contributed by atoms with van der Waals surface area (Å²) >= 11 is 0. The van der Waals surface area contributed by atoms with E-state index in [0.29, 0.717) is 12.1 Å². The smallest absolute Gasteiger partial charge is 0.251 e. The van der Waals surface area contributed by atoms with Gasteiger partial charge in [0.2, 0.25) is 0 Å².